The van der Waals surface area contributed by atoms with Gasteiger partial charge in [0.1, 0.15) is 0 Å². The van der Waals surface area contributed by atoms with Crippen molar-refractivity contribution in [2.24, 2.45) is 16.7 Å². The Morgan fingerprint density at radius 3 is 1.96 bits per heavy atom. The van der Waals surface area contributed by atoms with E-state index in [1.165, 1.54) is 63.4 Å². The van der Waals surface area contributed by atoms with E-state index < -0.39 is 0 Å². The molecular formula is C27H42. The minimum absolute atomic E-state index is 0.754. The molecule has 0 heteroatoms. The van der Waals surface area contributed by atoms with E-state index in [2.05, 4.69) is 38.1 Å². The molecule has 2 bridgehead atoms. The zero-order valence-electron chi connectivity index (χ0n) is 18.1. The molecule has 0 radical (unpaired) electrons. The van der Waals surface area contributed by atoms with Crippen LogP contribution in [-0.4, -0.2) is 0 Å². The fourth-order valence-corrected chi connectivity index (χ4v) is 7.12. The van der Waals surface area contributed by atoms with Crippen LogP contribution < -0.4 is 0 Å². The van der Waals surface area contributed by atoms with Gasteiger partial charge in [0, 0.05) is 0 Å². The van der Waals surface area contributed by atoms with Crippen molar-refractivity contribution in [2.75, 3.05) is 0 Å². The summed E-state index contributed by atoms with van der Waals surface area (Å²) in [6, 6.07) is 9.67. The molecule has 5 rings (SSSR count). The van der Waals surface area contributed by atoms with Crippen LogP contribution >= 0.6 is 0 Å². The summed E-state index contributed by atoms with van der Waals surface area (Å²) in [4.78, 5) is 0. The fraction of sp³-hybridized carbons (Fsp3) is 0.778. The first-order valence-corrected chi connectivity index (χ1v) is 12.3. The van der Waals surface area contributed by atoms with E-state index in [0.717, 1.165) is 22.7 Å². The van der Waals surface area contributed by atoms with Gasteiger partial charge in [0.2, 0.25) is 0 Å². The van der Waals surface area contributed by atoms with E-state index in [-0.39, 0.29) is 0 Å². The Labute approximate surface area is 168 Å². The van der Waals surface area contributed by atoms with E-state index in [9.17, 15) is 0 Å². The van der Waals surface area contributed by atoms with Crippen molar-refractivity contribution in [1.82, 2.24) is 0 Å². The first-order chi connectivity index (χ1) is 13.2. The zero-order valence-corrected chi connectivity index (χ0v) is 18.1. The minimum atomic E-state index is 0.754. The second-order valence-electron chi connectivity index (χ2n) is 10.5. The lowest BCUT2D eigenvalue weighted by molar-refractivity contribution is -0.0629. The van der Waals surface area contributed by atoms with Gasteiger partial charge in [-0.05, 0) is 111 Å². The highest BCUT2D eigenvalue weighted by Crippen LogP contribution is 2.63. The largest absolute Gasteiger partial charge is 0.0654 e. The van der Waals surface area contributed by atoms with Crippen LogP contribution in [0.3, 0.4) is 0 Å². The monoisotopic (exact) mass is 366 g/mol. The van der Waals surface area contributed by atoms with Crippen molar-refractivity contribution in [1.29, 1.82) is 0 Å². The Morgan fingerprint density at radius 1 is 0.778 bits per heavy atom. The number of fused-ring (bicyclic) bond motifs is 3. The van der Waals surface area contributed by atoms with Gasteiger partial charge in [-0.2, -0.15) is 0 Å². The molecule has 4 aliphatic rings. The summed E-state index contributed by atoms with van der Waals surface area (Å²) in [5.41, 5.74) is 4.67. The van der Waals surface area contributed by atoms with E-state index in [0.29, 0.717) is 0 Å². The molecule has 150 valence electrons. The second-order valence-corrected chi connectivity index (χ2v) is 10.5. The minimum Gasteiger partial charge on any atom is -0.0654 e. The highest BCUT2D eigenvalue weighted by Gasteiger charge is 2.51. The molecule has 0 spiro atoms. The molecule has 27 heavy (non-hydrogen) atoms. The van der Waals surface area contributed by atoms with Crippen molar-refractivity contribution < 1.29 is 0 Å². The van der Waals surface area contributed by atoms with Crippen molar-refractivity contribution in [3.8, 4) is 0 Å². The molecule has 0 aromatic heterocycles. The topological polar surface area (TPSA) is 0 Å². The number of hydrogen-bond acceptors (Lipinski definition) is 0. The SMILES string of the molecule is CCCCC12CCC(C3CCC(c4ccc(CCC)cc4)CC3)(CC1)CC2. The van der Waals surface area contributed by atoms with Gasteiger partial charge in [0.15, 0.2) is 0 Å². The van der Waals surface area contributed by atoms with Gasteiger partial charge in [-0.1, -0.05) is 57.4 Å². The molecule has 0 amide bonds. The van der Waals surface area contributed by atoms with E-state index in [1.54, 1.807) is 44.1 Å². The van der Waals surface area contributed by atoms with E-state index in [4.69, 9.17) is 0 Å². The van der Waals surface area contributed by atoms with Crippen molar-refractivity contribution >= 4 is 0 Å². The third-order valence-corrected chi connectivity index (χ3v) is 9.10. The normalized spacial score (nSPS) is 36.1. The Hall–Kier alpha value is -0.780. The summed E-state index contributed by atoms with van der Waals surface area (Å²) in [6.45, 7) is 4.64. The molecule has 0 aliphatic heterocycles. The lowest BCUT2D eigenvalue weighted by Gasteiger charge is -2.58. The third kappa shape index (κ3) is 4.01. The molecule has 0 N–H and O–H groups in total. The second kappa shape index (κ2) is 8.30. The maximum Gasteiger partial charge on any atom is -0.0162 e. The predicted octanol–water partition coefficient (Wildman–Crippen LogP) is 8.44. The molecule has 0 nitrogen and oxygen atoms in total. The van der Waals surface area contributed by atoms with Gasteiger partial charge in [0.25, 0.3) is 0 Å². The van der Waals surface area contributed by atoms with Gasteiger partial charge >= 0.3 is 0 Å². The van der Waals surface area contributed by atoms with Gasteiger partial charge in [-0.25, -0.2) is 0 Å². The van der Waals surface area contributed by atoms with Crippen LogP contribution in [0.25, 0.3) is 0 Å². The first-order valence-electron chi connectivity index (χ1n) is 12.3. The Balaban J connectivity index is 1.32. The predicted molar refractivity (Wildman–Crippen MR) is 117 cm³/mol. The van der Waals surface area contributed by atoms with Crippen molar-refractivity contribution in [2.45, 2.75) is 116 Å². The van der Waals surface area contributed by atoms with Crippen LogP contribution in [0.4, 0.5) is 0 Å². The molecular weight excluding hydrogens is 324 g/mol. The van der Waals surface area contributed by atoms with Gasteiger partial charge in [-0.15, -0.1) is 0 Å². The van der Waals surface area contributed by atoms with E-state index >= 15 is 0 Å². The van der Waals surface area contributed by atoms with Crippen LogP contribution in [0.5, 0.6) is 0 Å². The summed E-state index contributed by atoms with van der Waals surface area (Å²) in [7, 11) is 0. The number of rotatable bonds is 7. The number of hydrogen-bond donors (Lipinski definition) is 0. The Morgan fingerprint density at radius 2 is 1.41 bits per heavy atom. The van der Waals surface area contributed by atoms with Gasteiger partial charge < -0.3 is 0 Å². The average Bonchev–Trinajstić information content (AvgIpc) is 2.75. The van der Waals surface area contributed by atoms with Crippen molar-refractivity contribution in [3.05, 3.63) is 35.4 Å². The molecule has 0 heterocycles. The molecule has 4 saturated carbocycles. The maximum absolute atomic E-state index is 2.44. The highest BCUT2D eigenvalue weighted by molar-refractivity contribution is 5.26. The molecule has 0 atom stereocenters. The summed E-state index contributed by atoms with van der Waals surface area (Å²) in [6.07, 6.45) is 22.2. The van der Waals surface area contributed by atoms with Gasteiger partial charge in [0.05, 0.1) is 0 Å². The highest BCUT2D eigenvalue weighted by atomic mass is 14.6. The van der Waals surface area contributed by atoms with Crippen LogP contribution in [-0.2, 0) is 6.42 Å². The summed E-state index contributed by atoms with van der Waals surface area (Å²) < 4.78 is 0. The molecule has 1 aromatic carbocycles. The van der Waals surface area contributed by atoms with E-state index in [1.807, 2.05) is 0 Å². The summed E-state index contributed by atoms with van der Waals surface area (Å²) in [5, 5.41) is 0. The quantitative estimate of drug-likeness (QED) is 0.454. The van der Waals surface area contributed by atoms with Crippen LogP contribution in [0, 0.1) is 16.7 Å². The standard InChI is InChI=1S/C27H42/c1-3-5-15-26-16-19-27(20-17-26,21-18-26)25-13-11-24(12-14-25)23-9-7-22(6-4-2)8-10-23/h7-10,24-25H,3-6,11-21H2,1-2H3. The Bertz CT molecular complexity index is 562. The lowest BCUT2D eigenvalue weighted by atomic mass is 9.47. The summed E-state index contributed by atoms with van der Waals surface area (Å²) in [5.74, 6) is 1.88. The fourth-order valence-electron chi connectivity index (χ4n) is 7.12. The molecule has 1 aromatic rings. The molecule has 0 saturated heterocycles. The number of benzene rings is 1. The lowest BCUT2D eigenvalue weighted by Crippen LogP contribution is -2.46. The number of aryl methyl sites for hydroxylation is 1. The first kappa shape index (κ1) is 19.5. The van der Waals surface area contributed by atoms with Gasteiger partial charge in [-0.3, -0.25) is 0 Å². The molecule has 4 aliphatic carbocycles. The van der Waals surface area contributed by atoms with Crippen LogP contribution in [0.1, 0.15) is 121 Å². The number of unbranched alkanes of at least 4 members (excludes halogenated alkanes) is 1. The van der Waals surface area contributed by atoms with Crippen LogP contribution in [0.15, 0.2) is 24.3 Å². The van der Waals surface area contributed by atoms with Crippen LogP contribution in [0.2, 0.25) is 0 Å². The average molecular weight is 367 g/mol. The van der Waals surface area contributed by atoms with Crippen molar-refractivity contribution in [3.63, 3.8) is 0 Å². The zero-order chi connectivity index (χ0) is 18.7. The maximum atomic E-state index is 2.44. The smallest absolute Gasteiger partial charge is 0.0162 e. The molecule has 0 unspecified atom stereocenters. The summed E-state index contributed by atoms with van der Waals surface area (Å²) >= 11 is 0. The third-order valence-electron chi connectivity index (χ3n) is 9.10. The Kier molecular flexibility index (Phi) is 6.00. The molecule has 4 fully saturated rings.